The monoisotopic (exact) mass is 362 g/mol. The van der Waals surface area contributed by atoms with Gasteiger partial charge in [-0.2, -0.15) is 5.10 Å². The lowest BCUT2D eigenvalue weighted by Crippen LogP contribution is -2.15. The fourth-order valence-corrected chi connectivity index (χ4v) is 4.29. The van der Waals surface area contributed by atoms with Crippen molar-refractivity contribution in [3.05, 3.63) is 46.4 Å². The molecule has 3 rings (SSSR count). The van der Waals surface area contributed by atoms with Gasteiger partial charge in [0.1, 0.15) is 16.2 Å². The molecule has 0 aliphatic rings. The van der Waals surface area contributed by atoms with E-state index in [9.17, 15) is 13.2 Å². The van der Waals surface area contributed by atoms with Crippen LogP contribution in [-0.4, -0.2) is 36.9 Å². The molecule has 3 N–H and O–H groups in total. The molecule has 0 amide bonds. The molecule has 132 valence electrons. The van der Waals surface area contributed by atoms with Crippen LogP contribution >= 0.6 is 0 Å². The van der Waals surface area contributed by atoms with Crippen LogP contribution in [0, 0.1) is 6.92 Å². The van der Waals surface area contributed by atoms with Crippen LogP contribution in [0.4, 0.5) is 5.82 Å². The molecule has 8 nitrogen and oxygen atoms in total. The number of nitrogens with zero attached hydrogens (tertiary/aromatic N) is 2. The maximum atomic E-state index is 13.1. The Morgan fingerprint density at radius 3 is 2.60 bits per heavy atom. The summed E-state index contributed by atoms with van der Waals surface area (Å²) >= 11 is 0. The van der Waals surface area contributed by atoms with Gasteiger partial charge in [0.15, 0.2) is 0 Å². The summed E-state index contributed by atoms with van der Waals surface area (Å²) in [6.45, 7) is 2.39. The Hall–Kier alpha value is -2.65. The van der Waals surface area contributed by atoms with Crippen LogP contribution in [0.15, 0.2) is 45.0 Å². The molecular formula is C16H18N4O4S. The highest BCUT2D eigenvalue weighted by Crippen LogP contribution is 2.34. The second-order valence-corrected chi connectivity index (χ2v) is 7.52. The quantitative estimate of drug-likeness (QED) is 0.701. The molecule has 2 aromatic heterocycles. The number of aromatic nitrogens is 3. The molecular weight excluding hydrogens is 344 g/mol. The van der Waals surface area contributed by atoms with E-state index in [0.29, 0.717) is 0 Å². The highest BCUT2D eigenvalue weighted by Gasteiger charge is 2.29. The van der Waals surface area contributed by atoms with Gasteiger partial charge in [-0.25, -0.2) is 13.5 Å². The maximum absolute atomic E-state index is 13.1. The van der Waals surface area contributed by atoms with Gasteiger partial charge < -0.3 is 15.0 Å². The average Bonchev–Trinajstić information content (AvgIpc) is 2.86. The molecule has 0 atom stereocenters. The summed E-state index contributed by atoms with van der Waals surface area (Å²) in [5.74, 6) is -0.00822. The van der Waals surface area contributed by atoms with E-state index in [4.69, 9.17) is 10.5 Å². The van der Waals surface area contributed by atoms with E-state index in [-0.39, 0.29) is 39.7 Å². The van der Waals surface area contributed by atoms with Gasteiger partial charge in [-0.3, -0.25) is 4.79 Å². The predicted molar refractivity (Wildman–Crippen MR) is 93.3 cm³/mol. The van der Waals surface area contributed by atoms with Crippen molar-refractivity contribution in [3.8, 4) is 0 Å². The summed E-state index contributed by atoms with van der Waals surface area (Å²) in [6.07, 6.45) is 1.30. The Balaban J connectivity index is 2.33. The summed E-state index contributed by atoms with van der Waals surface area (Å²) in [5.41, 5.74) is 6.72. The van der Waals surface area contributed by atoms with Crippen LogP contribution in [0.1, 0.15) is 5.56 Å². The number of nitrogens with one attached hydrogen (secondary N) is 1. The molecule has 0 spiro atoms. The van der Waals surface area contributed by atoms with Gasteiger partial charge in [0.05, 0.1) is 17.7 Å². The van der Waals surface area contributed by atoms with Crippen molar-refractivity contribution in [1.82, 2.24) is 14.8 Å². The van der Waals surface area contributed by atoms with Gasteiger partial charge in [-0.15, -0.1) is 0 Å². The molecule has 0 fully saturated rings. The van der Waals surface area contributed by atoms with Crippen molar-refractivity contribution in [1.29, 1.82) is 0 Å². The first-order valence-corrected chi connectivity index (χ1v) is 9.02. The Labute approximate surface area is 144 Å². The Morgan fingerprint density at radius 1 is 1.28 bits per heavy atom. The zero-order chi connectivity index (χ0) is 18.2. The fourth-order valence-electron chi connectivity index (χ4n) is 2.74. The highest BCUT2D eigenvalue weighted by atomic mass is 32.2. The van der Waals surface area contributed by atoms with E-state index in [1.165, 1.54) is 30.0 Å². The van der Waals surface area contributed by atoms with Gasteiger partial charge in [-0.1, -0.05) is 17.7 Å². The molecule has 2 heterocycles. The summed E-state index contributed by atoms with van der Waals surface area (Å²) in [5, 5.41) is 6.23. The van der Waals surface area contributed by atoms with Crippen LogP contribution < -0.4 is 11.3 Å². The summed E-state index contributed by atoms with van der Waals surface area (Å²) < 4.78 is 32.7. The van der Waals surface area contributed by atoms with E-state index < -0.39 is 15.4 Å². The third-order valence-electron chi connectivity index (χ3n) is 3.99. The number of hydrogen-bond acceptors (Lipinski definition) is 6. The number of methoxy groups -OCH3 is 1. The predicted octanol–water partition coefficient (Wildman–Crippen LogP) is 1.09. The lowest BCUT2D eigenvalue weighted by Gasteiger charge is -2.08. The number of aromatic amines is 1. The number of aryl methyl sites for hydroxylation is 1. The van der Waals surface area contributed by atoms with Crippen molar-refractivity contribution in [2.45, 2.75) is 23.3 Å². The number of nitrogen functional groups attached to an aromatic ring is 1. The minimum absolute atomic E-state index is 0.00822. The molecule has 0 aliphatic carbocycles. The molecule has 1 aromatic carbocycles. The van der Waals surface area contributed by atoms with Crippen LogP contribution in [0.2, 0.25) is 0 Å². The van der Waals surface area contributed by atoms with E-state index in [2.05, 4.69) is 10.2 Å². The number of anilines is 1. The third-order valence-corrected chi connectivity index (χ3v) is 5.85. The smallest absolute Gasteiger partial charge is 0.288 e. The van der Waals surface area contributed by atoms with Crippen molar-refractivity contribution in [2.75, 3.05) is 19.5 Å². The standard InChI is InChI=1S/C16H18N4O4S/c1-10-3-5-11(6-4-10)25(22,23)14-12-9-18-19-16(21)13(12)20(15(14)17)7-8-24-2/h3-6,9H,7-8,17H2,1-2H3,(H,19,21). The third kappa shape index (κ3) is 2.81. The first-order chi connectivity index (χ1) is 11.9. The number of benzene rings is 1. The topological polar surface area (TPSA) is 120 Å². The zero-order valence-electron chi connectivity index (χ0n) is 13.8. The van der Waals surface area contributed by atoms with Crippen molar-refractivity contribution in [3.63, 3.8) is 0 Å². The van der Waals surface area contributed by atoms with Crippen molar-refractivity contribution >= 4 is 26.6 Å². The van der Waals surface area contributed by atoms with Gasteiger partial charge in [0, 0.05) is 19.0 Å². The molecule has 0 radical (unpaired) electrons. The number of nitrogens with two attached hydrogens (primary N) is 1. The number of fused-ring (bicyclic) bond motifs is 1. The van der Waals surface area contributed by atoms with E-state index >= 15 is 0 Å². The minimum atomic E-state index is -3.91. The lowest BCUT2D eigenvalue weighted by molar-refractivity contribution is 0.189. The zero-order valence-corrected chi connectivity index (χ0v) is 14.6. The molecule has 25 heavy (non-hydrogen) atoms. The van der Waals surface area contributed by atoms with Gasteiger partial charge in [0.2, 0.25) is 9.84 Å². The molecule has 0 saturated carbocycles. The van der Waals surface area contributed by atoms with Crippen molar-refractivity contribution in [2.24, 2.45) is 0 Å². The largest absolute Gasteiger partial charge is 0.384 e. The molecule has 3 aromatic rings. The van der Waals surface area contributed by atoms with Gasteiger partial charge in [-0.05, 0) is 19.1 Å². The van der Waals surface area contributed by atoms with Crippen LogP contribution in [-0.2, 0) is 21.1 Å². The van der Waals surface area contributed by atoms with Crippen LogP contribution in [0.5, 0.6) is 0 Å². The highest BCUT2D eigenvalue weighted by molar-refractivity contribution is 7.92. The maximum Gasteiger partial charge on any atom is 0.288 e. The molecule has 0 unspecified atom stereocenters. The second-order valence-electron chi connectivity index (χ2n) is 5.64. The molecule has 9 heteroatoms. The van der Waals surface area contributed by atoms with E-state index in [1.54, 1.807) is 12.1 Å². The second kappa shape index (κ2) is 6.34. The van der Waals surface area contributed by atoms with E-state index in [0.717, 1.165) is 5.56 Å². The normalized spacial score (nSPS) is 11.9. The fraction of sp³-hybridized carbons (Fsp3) is 0.250. The minimum Gasteiger partial charge on any atom is -0.384 e. The number of hydrogen-bond donors (Lipinski definition) is 2. The number of ether oxygens (including phenoxy) is 1. The van der Waals surface area contributed by atoms with E-state index in [1.807, 2.05) is 6.92 Å². The average molecular weight is 362 g/mol. The van der Waals surface area contributed by atoms with Gasteiger partial charge in [0.25, 0.3) is 5.56 Å². The summed E-state index contributed by atoms with van der Waals surface area (Å²) in [6, 6.07) is 6.45. The summed E-state index contributed by atoms with van der Waals surface area (Å²) in [4.78, 5) is 12.2. The first-order valence-electron chi connectivity index (χ1n) is 7.54. The number of H-pyrrole nitrogens is 1. The van der Waals surface area contributed by atoms with Crippen LogP contribution in [0.25, 0.3) is 10.9 Å². The molecule has 0 saturated heterocycles. The first kappa shape index (κ1) is 17.2. The summed E-state index contributed by atoms with van der Waals surface area (Å²) in [7, 11) is -2.40. The number of sulfone groups is 1. The van der Waals surface area contributed by atoms with Crippen LogP contribution in [0.3, 0.4) is 0 Å². The Morgan fingerprint density at radius 2 is 1.96 bits per heavy atom. The van der Waals surface area contributed by atoms with Crippen molar-refractivity contribution < 1.29 is 13.2 Å². The van der Waals surface area contributed by atoms with Gasteiger partial charge >= 0.3 is 0 Å². The SMILES string of the molecule is COCCn1c(N)c(S(=O)(=O)c2ccc(C)cc2)c2cn[nH]c(=O)c21. The Bertz CT molecular complexity index is 1080. The Kier molecular flexibility index (Phi) is 4.36. The molecule has 0 bridgehead atoms. The molecule has 0 aliphatic heterocycles. The number of rotatable bonds is 5. The lowest BCUT2D eigenvalue weighted by atomic mass is 10.2.